The Kier molecular flexibility index (Phi) is 3.52. The Bertz CT molecular complexity index is 666. The molecule has 2 aromatic rings. The lowest BCUT2D eigenvalue weighted by atomic mass is 10.0. The van der Waals surface area contributed by atoms with Gasteiger partial charge in [0.25, 0.3) is 0 Å². The molecule has 0 fully saturated rings. The van der Waals surface area contributed by atoms with Gasteiger partial charge in [0.1, 0.15) is 11.6 Å². The Morgan fingerprint density at radius 3 is 2.30 bits per heavy atom. The van der Waals surface area contributed by atoms with E-state index >= 15 is 0 Å². The highest BCUT2D eigenvalue weighted by Crippen LogP contribution is 2.32. The minimum Gasteiger partial charge on any atom is -0.289 e. The average molecular weight is 287 g/mol. The molecule has 104 valence electrons. The zero-order chi connectivity index (χ0) is 14.9. The number of rotatable bonds is 2. The summed E-state index contributed by atoms with van der Waals surface area (Å²) in [5.41, 5.74) is -2.16. The second kappa shape index (κ2) is 4.99. The number of carbonyl (C=O) groups is 1. The summed E-state index contributed by atoms with van der Waals surface area (Å²) in [7, 11) is 0. The number of pyridine rings is 1. The van der Waals surface area contributed by atoms with Crippen LogP contribution in [0.4, 0.5) is 22.0 Å². The summed E-state index contributed by atoms with van der Waals surface area (Å²) in [4.78, 5) is 15.3. The first kappa shape index (κ1) is 14.1. The number of nitrogens with zero attached hydrogens (tertiary/aromatic N) is 1. The average Bonchev–Trinajstić information content (AvgIpc) is 2.37. The molecule has 1 heterocycles. The second-order valence-corrected chi connectivity index (χ2v) is 3.91. The molecule has 0 amide bonds. The SMILES string of the molecule is O=C(c1cncc(F)c1)c1ccc(F)c(C(F)(F)F)c1. The first-order valence-corrected chi connectivity index (χ1v) is 5.31. The number of ketones is 1. The van der Waals surface area contributed by atoms with E-state index in [2.05, 4.69) is 4.98 Å². The van der Waals surface area contributed by atoms with E-state index in [1.807, 2.05) is 0 Å². The third-order valence-electron chi connectivity index (χ3n) is 2.50. The lowest BCUT2D eigenvalue weighted by Gasteiger charge is -2.09. The van der Waals surface area contributed by atoms with Gasteiger partial charge in [-0.05, 0) is 24.3 Å². The zero-order valence-corrected chi connectivity index (χ0v) is 9.71. The highest BCUT2D eigenvalue weighted by Gasteiger charge is 2.34. The molecule has 2 nitrogen and oxygen atoms in total. The molecule has 20 heavy (non-hydrogen) atoms. The van der Waals surface area contributed by atoms with Gasteiger partial charge in [0.15, 0.2) is 5.78 Å². The summed E-state index contributed by atoms with van der Waals surface area (Å²) in [6.45, 7) is 0. The van der Waals surface area contributed by atoms with Crippen LogP contribution in [0.2, 0.25) is 0 Å². The van der Waals surface area contributed by atoms with Crippen LogP contribution in [0.25, 0.3) is 0 Å². The van der Waals surface area contributed by atoms with Crippen molar-refractivity contribution in [2.75, 3.05) is 0 Å². The predicted octanol–water partition coefficient (Wildman–Crippen LogP) is 3.61. The number of aromatic nitrogens is 1. The number of halogens is 5. The zero-order valence-electron chi connectivity index (χ0n) is 9.71. The second-order valence-electron chi connectivity index (χ2n) is 3.91. The van der Waals surface area contributed by atoms with Crippen LogP contribution < -0.4 is 0 Å². The van der Waals surface area contributed by atoms with Gasteiger partial charge in [-0.3, -0.25) is 9.78 Å². The third kappa shape index (κ3) is 2.81. The first-order chi connectivity index (χ1) is 9.29. The molecule has 1 aromatic carbocycles. The Morgan fingerprint density at radius 1 is 1.00 bits per heavy atom. The molecule has 1 aromatic heterocycles. The van der Waals surface area contributed by atoms with Gasteiger partial charge in [-0.1, -0.05) is 0 Å². The van der Waals surface area contributed by atoms with Gasteiger partial charge in [-0.2, -0.15) is 13.2 Å². The van der Waals surface area contributed by atoms with Crippen LogP contribution in [-0.2, 0) is 6.18 Å². The van der Waals surface area contributed by atoms with Crippen LogP contribution >= 0.6 is 0 Å². The summed E-state index contributed by atoms with van der Waals surface area (Å²) < 4.78 is 63.6. The standard InChI is InChI=1S/C13H6F5NO/c14-9-3-8(5-19-6-9)12(20)7-1-2-11(15)10(4-7)13(16,17)18/h1-6H. The normalized spacial score (nSPS) is 11.4. The molecule has 0 N–H and O–H groups in total. The van der Waals surface area contributed by atoms with E-state index in [1.54, 1.807) is 0 Å². The van der Waals surface area contributed by atoms with Gasteiger partial charge in [0.05, 0.1) is 11.8 Å². The molecule has 0 aliphatic rings. The molecule has 0 aliphatic carbocycles. The molecule has 0 saturated carbocycles. The lowest BCUT2D eigenvalue weighted by molar-refractivity contribution is -0.140. The summed E-state index contributed by atoms with van der Waals surface area (Å²) in [5.74, 6) is -3.15. The van der Waals surface area contributed by atoms with Crippen LogP contribution in [-0.4, -0.2) is 10.8 Å². The maximum Gasteiger partial charge on any atom is 0.419 e. The maximum atomic E-state index is 13.1. The van der Waals surface area contributed by atoms with Gasteiger partial charge in [-0.15, -0.1) is 0 Å². The molecule has 0 unspecified atom stereocenters. The Hall–Kier alpha value is -2.31. The smallest absolute Gasteiger partial charge is 0.289 e. The van der Waals surface area contributed by atoms with Gasteiger partial charge < -0.3 is 0 Å². The van der Waals surface area contributed by atoms with Crippen molar-refractivity contribution in [3.8, 4) is 0 Å². The Balaban J connectivity index is 2.46. The lowest BCUT2D eigenvalue weighted by Crippen LogP contribution is -2.11. The van der Waals surface area contributed by atoms with Gasteiger partial charge in [-0.25, -0.2) is 8.78 Å². The van der Waals surface area contributed by atoms with E-state index in [0.29, 0.717) is 12.1 Å². The number of hydrogen-bond donors (Lipinski definition) is 0. The summed E-state index contributed by atoms with van der Waals surface area (Å²) in [6, 6.07) is 2.68. The molecule has 0 spiro atoms. The van der Waals surface area contributed by atoms with E-state index in [0.717, 1.165) is 24.5 Å². The number of benzene rings is 1. The molecule has 0 radical (unpaired) electrons. The van der Waals surface area contributed by atoms with Crippen LogP contribution in [0.3, 0.4) is 0 Å². The monoisotopic (exact) mass is 287 g/mol. The van der Waals surface area contributed by atoms with E-state index in [1.165, 1.54) is 0 Å². The Morgan fingerprint density at radius 2 is 1.70 bits per heavy atom. The topological polar surface area (TPSA) is 30.0 Å². The van der Waals surface area contributed by atoms with E-state index in [-0.39, 0.29) is 5.56 Å². The Labute approximate surface area is 109 Å². The molecule has 0 aliphatic heterocycles. The highest BCUT2D eigenvalue weighted by atomic mass is 19.4. The molecule has 0 saturated heterocycles. The fourth-order valence-electron chi connectivity index (χ4n) is 1.59. The van der Waals surface area contributed by atoms with Crippen molar-refractivity contribution in [3.05, 3.63) is 65.0 Å². The van der Waals surface area contributed by atoms with Crippen LogP contribution in [0.1, 0.15) is 21.5 Å². The van der Waals surface area contributed by atoms with Crippen molar-refractivity contribution in [2.24, 2.45) is 0 Å². The largest absolute Gasteiger partial charge is 0.419 e. The van der Waals surface area contributed by atoms with Crippen LogP contribution in [0, 0.1) is 11.6 Å². The van der Waals surface area contributed by atoms with Crippen LogP contribution in [0.5, 0.6) is 0 Å². The molecule has 0 atom stereocenters. The minimum atomic E-state index is -4.92. The maximum absolute atomic E-state index is 13.1. The number of hydrogen-bond acceptors (Lipinski definition) is 2. The van der Waals surface area contributed by atoms with Crippen molar-refractivity contribution in [1.29, 1.82) is 0 Å². The molecule has 7 heteroatoms. The van der Waals surface area contributed by atoms with Gasteiger partial charge in [0, 0.05) is 17.3 Å². The summed E-state index contributed by atoms with van der Waals surface area (Å²) >= 11 is 0. The van der Waals surface area contributed by atoms with Gasteiger partial charge in [0.2, 0.25) is 0 Å². The van der Waals surface area contributed by atoms with Crippen molar-refractivity contribution in [1.82, 2.24) is 4.98 Å². The van der Waals surface area contributed by atoms with Crippen molar-refractivity contribution in [2.45, 2.75) is 6.18 Å². The fourth-order valence-corrected chi connectivity index (χ4v) is 1.59. The van der Waals surface area contributed by atoms with Gasteiger partial charge >= 0.3 is 6.18 Å². The summed E-state index contributed by atoms with van der Waals surface area (Å²) in [5, 5.41) is 0. The molecular weight excluding hydrogens is 281 g/mol. The van der Waals surface area contributed by atoms with Crippen molar-refractivity contribution in [3.63, 3.8) is 0 Å². The predicted molar refractivity (Wildman–Crippen MR) is 59.0 cm³/mol. The quantitative estimate of drug-likeness (QED) is 0.624. The first-order valence-electron chi connectivity index (χ1n) is 5.31. The number of carbonyl (C=O) groups excluding carboxylic acids is 1. The molecular formula is C13H6F5NO. The fraction of sp³-hybridized carbons (Fsp3) is 0.0769. The minimum absolute atomic E-state index is 0.218. The van der Waals surface area contributed by atoms with E-state index < -0.39 is 34.7 Å². The van der Waals surface area contributed by atoms with E-state index in [4.69, 9.17) is 0 Å². The van der Waals surface area contributed by atoms with Crippen molar-refractivity contribution >= 4 is 5.78 Å². The van der Waals surface area contributed by atoms with Crippen molar-refractivity contribution < 1.29 is 26.7 Å². The molecule has 2 rings (SSSR count). The van der Waals surface area contributed by atoms with Crippen LogP contribution in [0.15, 0.2) is 36.7 Å². The third-order valence-corrected chi connectivity index (χ3v) is 2.50. The van der Waals surface area contributed by atoms with E-state index in [9.17, 15) is 26.7 Å². The molecule has 0 bridgehead atoms. The highest BCUT2D eigenvalue weighted by molar-refractivity contribution is 6.08. The number of alkyl halides is 3. The summed E-state index contributed by atoms with van der Waals surface area (Å²) in [6.07, 6.45) is -3.05.